The van der Waals surface area contributed by atoms with Crippen LogP contribution in [0.4, 0.5) is 0 Å². The fourth-order valence-electron chi connectivity index (χ4n) is 0.568. The van der Waals surface area contributed by atoms with Gasteiger partial charge in [-0.25, -0.2) is 0 Å². The van der Waals surface area contributed by atoms with Crippen LogP contribution in [0.5, 0.6) is 0 Å². The van der Waals surface area contributed by atoms with Crippen LogP contribution in [0.3, 0.4) is 0 Å². The Bertz CT molecular complexity index is 217. The van der Waals surface area contributed by atoms with Gasteiger partial charge in [-0.2, -0.15) is 0 Å². The second-order valence-corrected chi connectivity index (χ2v) is 2.69. The summed E-state index contributed by atoms with van der Waals surface area (Å²) in [5, 5.41) is 10.5. The molecule has 0 unspecified atom stereocenters. The highest BCUT2D eigenvalue weighted by Crippen LogP contribution is 1.90. The Hall–Kier alpha value is -1.17. The third kappa shape index (κ3) is 8.74. The van der Waals surface area contributed by atoms with Crippen LogP contribution in [0.2, 0.25) is 0 Å². The summed E-state index contributed by atoms with van der Waals surface area (Å²) in [7, 11) is 0. The van der Waals surface area contributed by atoms with Gasteiger partial charge < -0.3 is 9.84 Å². The Balaban J connectivity index is 3.37. The summed E-state index contributed by atoms with van der Waals surface area (Å²) in [6.45, 7) is 1.51. The number of aliphatic carboxylic acids is 1. The minimum absolute atomic E-state index is 0.0158. The lowest BCUT2D eigenvalue weighted by atomic mass is 10.3. The molecule has 0 aromatic heterocycles. The molecule has 0 aromatic carbocycles. The van der Waals surface area contributed by atoms with Gasteiger partial charge in [0, 0.05) is 13.3 Å². The minimum atomic E-state index is -0.881. The highest BCUT2D eigenvalue weighted by atomic mass is 32.1. The quantitative estimate of drug-likeness (QED) is 0.509. The Morgan fingerprint density at radius 3 is 2.62 bits per heavy atom. The number of ether oxygens (including phenoxy) is 1. The van der Waals surface area contributed by atoms with E-state index in [9.17, 15) is 9.59 Å². The van der Waals surface area contributed by atoms with Crippen molar-refractivity contribution < 1.29 is 19.4 Å². The number of carbonyl (C=O) groups is 2. The zero-order valence-electron chi connectivity index (χ0n) is 7.20. The topological polar surface area (TPSA) is 75.6 Å². The van der Waals surface area contributed by atoms with E-state index in [-0.39, 0.29) is 24.1 Å². The van der Waals surface area contributed by atoms with Crippen molar-refractivity contribution in [1.29, 1.82) is 0 Å². The molecule has 0 aliphatic carbocycles. The van der Waals surface area contributed by atoms with Gasteiger partial charge in [-0.3, -0.25) is 14.9 Å². The molecule has 0 bridgehead atoms. The van der Waals surface area contributed by atoms with E-state index in [1.807, 2.05) is 0 Å². The van der Waals surface area contributed by atoms with Crippen molar-refractivity contribution in [2.24, 2.45) is 0 Å². The molecule has 0 saturated heterocycles. The number of amides is 1. The van der Waals surface area contributed by atoms with Crippen molar-refractivity contribution in [3.05, 3.63) is 0 Å². The number of hydrogen-bond donors (Lipinski definition) is 2. The number of carbonyl (C=O) groups excluding carboxylic acids is 1. The van der Waals surface area contributed by atoms with E-state index < -0.39 is 5.97 Å². The summed E-state index contributed by atoms with van der Waals surface area (Å²) >= 11 is 4.61. The lowest BCUT2D eigenvalue weighted by Gasteiger charge is -2.05. The molecule has 0 radical (unpaired) electrons. The lowest BCUT2D eigenvalue weighted by molar-refractivity contribution is -0.137. The maximum atomic E-state index is 10.4. The fraction of sp³-hybridized carbons (Fsp3) is 0.571. The summed E-state index contributed by atoms with van der Waals surface area (Å²) in [5.41, 5.74) is 0. The summed E-state index contributed by atoms with van der Waals surface area (Å²) < 4.78 is 4.84. The smallest absolute Gasteiger partial charge is 0.303 e. The monoisotopic (exact) mass is 205 g/mol. The molecule has 1 amide bonds. The lowest BCUT2D eigenvalue weighted by Crippen LogP contribution is -2.28. The van der Waals surface area contributed by atoms with Gasteiger partial charge in [0.2, 0.25) is 5.91 Å². The molecule has 0 aliphatic rings. The highest BCUT2D eigenvalue weighted by Gasteiger charge is 2.00. The van der Waals surface area contributed by atoms with Crippen LogP contribution >= 0.6 is 12.2 Å². The van der Waals surface area contributed by atoms with Gasteiger partial charge in [-0.15, -0.1) is 0 Å². The molecule has 0 rings (SSSR count). The maximum absolute atomic E-state index is 10.4. The number of hydrogen-bond acceptors (Lipinski definition) is 4. The highest BCUT2D eigenvalue weighted by molar-refractivity contribution is 7.80. The van der Waals surface area contributed by atoms with Crippen molar-refractivity contribution in [1.82, 2.24) is 5.32 Å². The Labute approximate surface area is 81.1 Å². The van der Waals surface area contributed by atoms with E-state index in [4.69, 9.17) is 9.84 Å². The van der Waals surface area contributed by atoms with Gasteiger partial charge in [-0.05, 0) is 18.6 Å². The van der Waals surface area contributed by atoms with Crippen LogP contribution in [0, 0.1) is 0 Å². The van der Waals surface area contributed by atoms with Crippen molar-refractivity contribution in [3.63, 3.8) is 0 Å². The number of thiocarbonyl (C=S) groups is 1. The first kappa shape index (κ1) is 11.8. The molecule has 5 nitrogen and oxygen atoms in total. The second-order valence-electron chi connectivity index (χ2n) is 2.31. The number of rotatable bonds is 4. The first-order valence-corrected chi connectivity index (χ1v) is 4.09. The van der Waals surface area contributed by atoms with Crippen LogP contribution < -0.4 is 5.32 Å². The molecule has 6 heteroatoms. The molecular weight excluding hydrogens is 194 g/mol. The van der Waals surface area contributed by atoms with Crippen molar-refractivity contribution >= 4 is 29.3 Å². The fourth-order valence-corrected chi connectivity index (χ4v) is 0.795. The van der Waals surface area contributed by atoms with Crippen LogP contribution in [-0.4, -0.2) is 28.8 Å². The van der Waals surface area contributed by atoms with Gasteiger partial charge in [0.15, 0.2) is 0 Å². The third-order valence-corrected chi connectivity index (χ3v) is 1.27. The van der Waals surface area contributed by atoms with Crippen LogP contribution in [0.1, 0.15) is 19.8 Å². The molecule has 0 heterocycles. The van der Waals surface area contributed by atoms with Crippen molar-refractivity contribution in [3.8, 4) is 0 Å². The third-order valence-electron chi connectivity index (χ3n) is 1.05. The van der Waals surface area contributed by atoms with Crippen LogP contribution in [-0.2, 0) is 14.3 Å². The normalized spacial score (nSPS) is 9.00. The zero-order valence-corrected chi connectivity index (χ0v) is 8.02. The van der Waals surface area contributed by atoms with Gasteiger partial charge >= 0.3 is 5.97 Å². The molecule has 0 atom stereocenters. The maximum Gasteiger partial charge on any atom is 0.303 e. The average molecular weight is 205 g/mol. The molecule has 0 spiro atoms. The molecule has 0 aliphatic heterocycles. The van der Waals surface area contributed by atoms with E-state index in [0.717, 1.165) is 0 Å². The van der Waals surface area contributed by atoms with Gasteiger partial charge in [0.1, 0.15) is 0 Å². The average Bonchev–Trinajstić information content (AvgIpc) is 1.96. The molecule has 2 N–H and O–H groups in total. The first-order chi connectivity index (χ1) is 6.02. The number of carboxylic acids is 1. The molecule has 74 valence electrons. The van der Waals surface area contributed by atoms with E-state index in [0.29, 0.717) is 6.42 Å². The largest absolute Gasteiger partial charge is 0.481 e. The predicted octanol–water partition coefficient (Wildman–Crippen LogP) is 0.289. The van der Waals surface area contributed by atoms with Gasteiger partial charge in [-0.1, -0.05) is 0 Å². The summed E-state index contributed by atoms with van der Waals surface area (Å²) in [6, 6.07) is 0. The predicted molar refractivity (Wildman–Crippen MR) is 49.2 cm³/mol. The SMILES string of the molecule is CC(=O)NC(=S)OCCCC(=O)O. The number of nitrogens with one attached hydrogen (secondary N) is 1. The first-order valence-electron chi connectivity index (χ1n) is 3.68. The second kappa shape index (κ2) is 6.36. The van der Waals surface area contributed by atoms with Crippen molar-refractivity contribution in [2.45, 2.75) is 19.8 Å². The van der Waals surface area contributed by atoms with E-state index >= 15 is 0 Å². The van der Waals surface area contributed by atoms with Crippen LogP contribution in [0.15, 0.2) is 0 Å². The minimum Gasteiger partial charge on any atom is -0.481 e. The van der Waals surface area contributed by atoms with Gasteiger partial charge in [0.25, 0.3) is 5.17 Å². The summed E-state index contributed by atoms with van der Waals surface area (Å²) in [5.74, 6) is -1.18. The Morgan fingerprint density at radius 2 is 2.15 bits per heavy atom. The summed E-state index contributed by atoms with van der Waals surface area (Å²) in [4.78, 5) is 20.5. The van der Waals surface area contributed by atoms with Crippen molar-refractivity contribution in [2.75, 3.05) is 6.61 Å². The Morgan fingerprint density at radius 1 is 1.54 bits per heavy atom. The molecule has 13 heavy (non-hydrogen) atoms. The van der Waals surface area contributed by atoms with E-state index in [1.165, 1.54) is 6.92 Å². The number of carboxylic acid groups (broad SMARTS) is 1. The van der Waals surface area contributed by atoms with Crippen LogP contribution in [0.25, 0.3) is 0 Å². The standard InChI is InChI=1S/C7H11NO4S/c1-5(9)8-7(13)12-4-2-3-6(10)11/h2-4H2,1H3,(H,10,11)(H,8,9,13). The van der Waals surface area contributed by atoms with Gasteiger partial charge in [0.05, 0.1) is 6.61 Å². The zero-order chi connectivity index (χ0) is 10.3. The Kier molecular flexibility index (Phi) is 5.79. The molecule has 0 fully saturated rings. The molecular formula is C7H11NO4S. The molecule has 0 saturated carbocycles. The van der Waals surface area contributed by atoms with E-state index in [1.54, 1.807) is 0 Å². The molecule has 0 aromatic rings. The summed E-state index contributed by atoms with van der Waals surface area (Å²) in [6.07, 6.45) is 0.401. The van der Waals surface area contributed by atoms with E-state index in [2.05, 4.69) is 17.5 Å².